The van der Waals surface area contributed by atoms with Crippen LogP contribution in [0.25, 0.3) is 0 Å². The van der Waals surface area contributed by atoms with Crippen molar-refractivity contribution < 1.29 is 23.9 Å². The fraction of sp³-hybridized carbons (Fsp3) is 0.323. The lowest BCUT2D eigenvalue weighted by molar-refractivity contribution is 0.0734. The molecule has 0 unspecified atom stereocenters. The van der Waals surface area contributed by atoms with E-state index in [-0.39, 0.29) is 24.5 Å². The number of hydrogen-bond donors (Lipinski definition) is 2. The van der Waals surface area contributed by atoms with Crippen molar-refractivity contribution in [2.24, 2.45) is 0 Å². The van der Waals surface area contributed by atoms with Crippen molar-refractivity contribution >= 4 is 29.1 Å². The van der Waals surface area contributed by atoms with Crippen LogP contribution in [0.4, 0.5) is 11.4 Å². The molecule has 0 aliphatic carbocycles. The molecule has 0 bridgehead atoms. The van der Waals surface area contributed by atoms with Crippen LogP contribution in [0.1, 0.15) is 37.5 Å². The number of carbonyl (C=O) groups is 3. The second-order valence-corrected chi connectivity index (χ2v) is 10.3. The van der Waals surface area contributed by atoms with E-state index in [1.807, 2.05) is 40.1 Å². The molecule has 3 heterocycles. The minimum atomic E-state index is -0.243. The van der Waals surface area contributed by atoms with Gasteiger partial charge in [-0.3, -0.25) is 14.4 Å². The topological polar surface area (TPSA) is 103 Å². The van der Waals surface area contributed by atoms with Gasteiger partial charge in [-0.15, -0.1) is 0 Å². The molecule has 3 aliphatic rings. The highest BCUT2D eigenvalue weighted by Gasteiger charge is 2.26. The summed E-state index contributed by atoms with van der Waals surface area (Å²) in [6.45, 7) is 5.37. The molecular weight excluding hydrogens is 522 g/mol. The van der Waals surface area contributed by atoms with E-state index < -0.39 is 0 Å². The first-order valence-electron chi connectivity index (χ1n) is 14.0. The fourth-order valence-corrected chi connectivity index (χ4v) is 5.45. The molecule has 3 aliphatic heterocycles. The van der Waals surface area contributed by atoms with Gasteiger partial charge in [0.05, 0.1) is 11.4 Å². The van der Waals surface area contributed by atoms with Gasteiger partial charge in [-0.25, -0.2) is 0 Å². The third-order valence-electron chi connectivity index (χ3n) is 7.68. The van der Waals surface area contributed by atoms with Crippen LogP contribution in [0.3, 0.4) is 0 Å². The average Bonchev–Trinajstić information content (AvgIpc) is 3.36. The zero-order valence-electron chi connectivity index (χ0n) is 22.8. The third-order valence-corrected chi connectivity index (χ3v) is 7.68. The minimum Gasteiger partial charge on any atom is -0.454 e. The smallest absolute Gasteiger partial charge is 0.255 e. The Labute approximate surface area is 238 Å². The third kappa shape index (κ3) is 5.83. The Bertz CT molecular complexity index is 1440. The van der Waals surface area contributed by atoms with E-state index in [9.17, 15) is 14.4 Å². The maximum Gasteiger partial charge on any atom is 0.255 e. The number of hydrogen-bond acceptors (Lipinski definition) is 7. The van der Waals surface area contributed by atoms with Crippen LogP contribution in [0.2, 0.25) is 0 Å². The Morgan fingerprint density at radius 3 is 2.20 bits per heavy atom. The van der Waals surface area contributed by atoms with Crippen LogP contribution >= 0.6 is 0 Å². The standard InChI is InChI=1S/C31H33N5O5/c37-29(22-5-2-1-3-6-22)33-25-19-23(30(38)36-15-11-32-12-16-36)7-9-26(25)34-13-4-14-35(18-17-34)31(39)24-8-10-27-28(20-24)41-21-40-27/h1-3,5-10,19-20,32H,4,11-18,21H2,(H,33,37). The molecule has 2 saturated heterocycles. The number of nitrogens with zero attached hydrogens (tertiary/aromatic N) is 3. The Hall–Kier alpha value is -4.57. The molecule has 2 fully saturated rings. The molecule has 3 amide bonds. The van der Waals surface area contributed by atoms with E-state index in [1.165, 1.54) is 0 Å². The van der Waals surface area contributed by atoms with Gasteiger partial charge in [-0.2, -0.15) is 0 Å². The second-order valence-electron chi connectivity index (χ2n) is 10.3. The molecule has 0 spiro atoms. The molecular formula is C31H33N5O5. The zero-order chi connectivity index (χ0) is 28.2. The largest absolute Gasteiger partial charge is 0.454 e. The van der Waals surface area contributed by atoms with Gasteiger partial charge in [0.1, 0.15) is 0 Å². The average molecular weight is 556 g/mol. The first-order valence-corrected chi connectivity index (χ1v) is 14.0. The Morgan fingerprint density at radius 1 is 0.683 bits per heavy atom. The van der Waals surface area contributed by atoms with E-state index in [0.29, 0.717) is 73.1 Å². The molecule has 0 saturated carbocycles. The monoisotopic (exact) mass is 555 g/mol. The van der Waals surface area contributed by atoms with Gasteiger partial charge in [0.25, 0.3) is 17.7 Å². The lowest BCUT2D eigenvalue weighted by Gasteiger charge is -2.29. The van der Waals surface area contributed by atoms with Crippen LogP contribution in [-0.4, -0.2) is 86.7 Å². The second kappa shape index (κ2) is 11.9. The summed E-state index contributed by atoms with van der Waals surface area (Å²) in [5, 5.41) is 6.33. The quantitative estimate of drug-likeness (QED) is 0.499. The predicted octanol–water partition coefficient (Wildman–Crippen LogP) is 3.07. The lowest BCUT2D eigenvalue weighted by Crippen LogP contribution is -2.46. The van der Waals surface area contributed by atoms with E-state index in [2.05, 4.69) is 15.5 Å². The normalized spacial score (nSPS) is 16.7. The molecule has 41 heavy (non-hydrogen) atoms. The van der Waals surface area contributed by atoms with Crippen molar-refractivity contribution in [1.82, 2.24) is 15.1 Å². The number of fused-ring (bicyclic) bond motifs is 1. The summed E-state index contributed by atoms with van der Waals surface area (Å²) in [4.78, 5) is 45.7. The number of nitrogens with one attached hydrogen (secondary N) is 2. The van der Waals surface area contributed by atoms with Crippen LogP contribution in [0.15, 0.2) is 66.7 Å². The van der Waals surface area contributed by atoms with E-state index in [0.717, 1.165) is 25.2 Å². The number of ether oxygens (including phenoxy) is 2. The summed E-state index contributed by atoms with van der Waals surface area (Å²) in [7, 11) is 0. The fourth-order valence-electron chi connectivity index (χ4n) is 5.45. The van der Waals surface area contributed by atoms with Gasteiger partial charge in [0.2, 0.25) is 6.79 Å². The van der Waals surface area contributed by atoms with Crippen molar-refractivity contribution in [1.29, 1.82) is 0 Å². The Morgan fingerprint density at radius 2 is 1.39 bits per heavy atom. The molecule has 3 aromatic carbocycles. The SMILES string of the molecule is O=C(Nc1cc(C(=O)N2CCNCC2)ccc1N1CCCN(C(=O)c2ccc3c(c2)OCO3)CC1)c1ccccc1. The maximum atomic E-state index is 13.3. The number of amides is 3. The number of rotatable bonds is 5. The van der Waals surface area contributed by atoms with Gasteiger partial charge in [-0.1, -0.05) is 18.2 Å². The van der Waals surface area contributed by atoms with E-state index in [4.69, 9.17) is 9.47 Å². The minimum absolute atomic E-state index is 0.0513. The highest BCUT2D eigenvalue weighted by molar-refractivity contribution is 6.07. The van der Waals surface area contributed by atoms with Crippen LogP contribution in [0, 0.1) is 0 Å². The summed E-state index contributed by atoms with van der Waals surface area (Å²) in [5.41, 5.74) is 3.04. The van der Waals surface area contributed by atoms with Crippen LogP contribution < -0.4 is 25.0 Å². The number of benzene rings is 3. The first-order chi connectivity index (χ1) is 20.1. The zero-order valence-corrected chi connectivity index (χ0v) is 22.8. The molecule has 10 heteroatoms. The number of anilines is 2. The number of carbonyl (C=O) groups excluding carboxylic acids is 3. The van der Waals surface area contributed by atoms with Crippen molar-refractivity contribution in [3.63, 3.8) is 0 Å². The molecule has 10 nitrogen and oxygen atoms in total. The molecule has 0 atom stereocenters. The molecule has 2 N–H and O–H groups in total. The van der Waals surface area contributed by atoms with Crippen molar-refractivity contribution in [3.8, 4) is 11.5 Å². The molecule has 212 valence electrons. The Balaban J connectivity index is 1.22. The molecule has 3 aromatic rings. The van der Waals surface area contributed by atoms with Gasteiger partial charge < -0.3 is 34.8 Å². The summed E-state index contributed by atoms with van der Waals surface area (Å²) in [5.74, 6) is 0.881. The van der Waals surface area contributed by atoms with Gasteiger partial charge >= 0.3 is 0 Å². The van der Waals surface area contributed by atoms with Gasteiger partial charge in [-0.05, 0) is 55.0 Å². The number of piperazine rings is 1. The molecule has 0 radical (unpaired) electrons. The summed E-state index contributed by atoms with van der Waals surface area (Å²) < 4.78 is 10.8. The predicted molar refractivity (Wildman–Crippen MR) is 155 cm³/mol. The van der Waals surface area contributed by atoms with Gasteiger partial charge in [0, 0.05) is 69.0 Å². The summed E-state index contributed by atoms with van der Waals surface area (Å²) in [6.07, 6.45) is 0.754. The van der Waals surface area contributed by atoms with Crippen LogP contribution in [0.5, 0.6) is 11.5 Å². The van der Waals surface area contributed by atoms with E-state index in [1.54, 1.807) is 36.4 Å². The summed E-state index contributed by atoms with van der Waals surface area (Å²) >= 11 is 0. The lowest BCUT2D eigenvalue weighted by atomic mass is 10.1. The van der Waals surface area contributed by atoms with Crippen molar-refractivity contribution in [2.45, 2.75) is 6.42 Å². The van der Waals surface area contributed by atoms with E-state index >= 15 is 0 Å². The molecule has 0 aromatic heterocycles. The highest BCUT2D eigenvalue weighted by atomic mass is 16.7. The van der Waals surface area contributed by atoms with Crippen molar-refractivity contribution in [2.75, 3.05) is 69.4 Å². The molecule has 6 rings (SSSR count). The highest BCUT2D eigenvalue weighted by Crippen LogP contribution is 2.33. The Kier molecular flexibility index (Phi) is 7.73. The van der Waals surface area contributed by atoms with Crippen molar-refractivity contribution in [3.05, 3.63) is 83.4 Å². The maximum absolute atomic E-state index is 13.3. The van der Waals surface area contributed by atoms with Gasteiger partial charge in [0.15, 0.2) is 11.5 Å². The van der Waals surface area contributed by atoms with Crippen LogP contribution in [-0.2, 0) is 0 Å². The summed E-state index contributed by atoms with van der Waals surface area (Å²) in [6, 6.07) is 19.8. The first kappa shape index (κ1) is 26.6.